The second-order valence-corrected chi connectivity index (χ2v) is 2.86. The summed E-state index contributed by atoms with van der Waals surface area (Å²) in [7, 11) is 0. The van der Waals surface area contributed by atoms with Crippen molar-refractivity contribution in [3.05, 3.63) is 29.6 Å². The van der Waals surface area contributed by atoms with Gasteiger partial charge in [0, 0.05) is 12.7 Å². The van der Waals surface area contributed by atoms with E-state index in [0.717, 1.165) is 18.7 Å². The third-order valence-corrected chi connectivity index (χ3v) is 2.08. The van der Waals surface area contributed by atoms with Crippen molar-refractivity contribution < 1.29 is 4.79 Å². The van der Waals surface area contributed by atoms with Crippen molar-refractivity contribution >= 4 is 12.0 Å². The molecule has 1 amide bonds. The fraction of sp³-hybridized carbons (Fsp3) is 0.222. The first kappa shape index (κ1) is 7.16. The summed E-state index contributed by atoms with van der Waals surface area (Å²) in [5.41, 5.74) is 6.75. The van der Waals surface area contributed by atoms with Gasteiger partial charge in [0.25, 0.3) is 5.91 Å². The normalized spacial score (nSPS) is 14.3. The molecule has 0 aromatic carbocycles. The average molecular weight is 162 g/mol. The van der Waals surface area contributed by atoms with Crippen LogP contribution in [0.5, 0.6) is 0 Å². The minimum absolute atomic E-state index is 0.352. The molecule has 0 fully saturated rings. The number of hydrogen-bond acceptors (Lipinski definition) is 1. The Bertz CT molecular complexity index is 349. The van der Waals surface area contributed by atoms with Crippen LogP contribution in [0.15, 0.2) is 18.3 Å². The first-order valence-electron chi connectivity index (χ1n) is 3.94. The molecule has 12 heavy (non-hydrogen) atoms. The van der Waals surface area contributed by atoms with Crippen molar-refractivity contribution in [1.82, 2.24) is 4.57 Å². The molecular formula is C9H10N2O. The van der Waals surface area contributed by atoms with E-state index in [-0.39, 0.29) is 5.91 Å². The van der Waals surface area contributed by atoms with Crippen molar-refractivity contribution in [1.29, 1.82) is 0 Å². The largest absolute Gasteiger partial charge is 0.366 e. The monoisotopic (exact) mass is 162 g/mol. The van der Waals surface area contributed by atoms with Gasteiger partial charge >= 0.3 is 0 Å². The quantitative estimate of drug-likeness (QED) is 0.658. The van der Waals surface area contributed by atoms with E-state index in [2.05, 4.69) is 6.08 Å². The van der Waals surface area contributed by atoms with Gasteiger partial charge in [0.1, 0.15) is 0 Å². The molecule has 2 N–H and O–H groups in total. The maximum atomic E-state index is 10.9. The van der Waals surface area contributed by atoms with Crippen LogP contribution in [-0.4, -0.2) is 10.5 Å². The highest BCUT2D eigenvalue weighted by molar-refractivity contribution is 5.96. The maximum Gasteiger partial charge on any atom is 0.250 e. The molecule has 1 aliphatic rings. The molecule has 0 atom stereocenters. The Labute approximate surface area is 70.5 Å². The maximum absolute atomic E-state index is 10.9. The zero-order valence-electron chi connectivity index (χ0n) is 6.66. The number of rotatable bonds is 1. The predicted molar refractivity (Wildman–Crippen MR) is 46.6 cm³/mol. The van der Waals surface area contributed by atoms with Gasteiger partial charge < -0.3 is 10.3 Å². The number of hydrogen-bond donors (Lipinski definition) is 1. The molecule has 2 heterocycles. The van der Waals surface area contributed by atoms with Crippen LogP contribution < -0.4 is 5.73 Å². The van der Waals surface area contributed by atoms with Crippen LogP contribution in [0.1, 0.15) is 22.5 Å². The minimum atomic E-state index is -0.352. The highest BCUT2D eigenvalue weighted by Gasteiger charge is 2.12. The first-order valence-corrected chi connectivity index (χ1v) is 3.94. The topological polar surface area (TPSA) is 48.0 Å². The number of aryl methyl sites for hydroxylation is 1. The molecular weight excluding hydrogens is 152 g/mol. The number of carbonyl (C=O) groups excluding carboxylic acids is 1. The van der Waals surface area contributed by atoms with E-state index in [4.69, 9.17) is 5.73 Å². The molecule has 1 aromatic rings. The molecule has 0 bridgehead atoms. The Morgan fingerprint density at radius 1 is 1.58 bits per heavy atom. The molecule has 1 aromatic heterocycles. The summed E-state index contributed by atoms with van der Waals surface area (Å²) in [5, 5.41) is 0. The zero-order valence-corrected chi connectivity index (χ0v) is 6.66. The van der Waals surface area contributed by atoms with Gasteiger partial charge in [0.15, 0.2) is 0 Å². The van der Waals surface area contributed by atoms with Gasteiger partial charge in [-0.05, 0) is 18.6 Å². The molecule has 0 radical (unpaired) electrons. The molecule has 2 rings (SSSR count). The lowest BCUT2D eigenvalue weighted by Gasteiger charge is -2.09. The Kier molecular flexibility index (Phi) is 1.50. The summed E-state index contributed by atoms with van der Waals surface area (Å²) < 4.78 is 2.04. The van der Waals surface area contributed by atoms with Gasteiger partial charge in [-0.15, -0.1) is 0 Å². The van der Waals surface area contributed by atoms with Gasteiger partial charge in [-0.3, -0.25) is 4.79 Å². The fourth-order valence-corrected chi connectivity index (χ4v) is 1.48. The molecule has 0 aliphatic carbocycles. The third-order valence-electron chi connectivity index (χ3n) is 2.08. The van der Waals surface area contributed by atoms with Crippen LogP contribution in [0.3, 0.4) is 0 Å². The molecule has 0 unspecified atom stereocenters. The lowest BCUT2D eigenvalue weighted by Crippen LogP contribution is -2.13. The number of allylic oxidation sites excluding steroid dienone is 1. The van der Waals surface area contributed by atoms with Crippen molar-refractivity contribution in [3.8, 4) is 0 Å². The lowest BCUT2D eigenvalue weighted by molar-refractivity contribution is 0.1000. The van der Waals surface area contributed by atoms with Crippen molar-refractivity contribution in [2.45, 2.75) is 13.0 Å². The number of nitrogens with zero attached hydrogens (tertiary/aromatic N) is 1. The minimum Gasteiger partial charge on any atom is -0.366 e. The zero-order chi connectivity index (χ0) is 8.55. The van der Waals surface area contributed by atoms with Crippen LogP contribution in [0.25, 0.3) is 6.08 Å². The second-order valence-electron chi connectivity index (χ2n) is 2.86. The number of primary amides is 1. The summed E-state index contributed by atoms with van der Waals surface area (Å²) in [6.07, 6.45) is 6.93. The third kappa shape index (κ3) is 0.942. The number of fused-ring (bicyclic) bond motifs is 1. The van der Waals surface area contributed by atoms with Gasteiger partial charge in [0.2, 0.25) is 0 Å². The first-order chi connectivity index (χ1) is 5.79. The highest BCUT2D eigenvalue weighted by atomic mass is 16.1. The molecule has 0 saturated heterocycles. The van der Waals surface area contributed by atoms with E-state index < -0.39 is 0 Å². The predicted octanol–water partition coefficient (Wildman–Crippen LogP) is 1.00. The van der Waals surface area contributed by atoms with Gasteiger partial charge in [0.05, 0.1) is 11.3 Å². The molecule has 3 heteroatoms. The SMILES string of the molecule is NC(=O)c1ccn2c1C=CCC2. The highest BCUT2D eigenvalue weighted by Crippen LogP contribution is 2.17. The van der Waals surface area contributed by atoms with E-state index >= 15 is 0 Å². The van der Waals surface area contributed by atoms with E-state index in [0.29, 0.717) is 5.56 Å². The molecule has 0 spiro atoms. The summed E-state index contributed by atoms with van der Waals surface area (Å²) >= 11 is 0. The van der Waals surface area contributed by atoms with Crippen LogP contribution >= 0.6 is 0 Å². The Morgan fingerprint density at radius 2 is 2.42 bits per heavy atom. The number of aromatic nitrogens is 1. The average Bonchev–Trinajstić information content (AvgIpc) is 2.47. The summed E-state index contributed by atoms with van der Waals surface area (Å²) in [4.78, 5) is 10.9. The van der Waals surface area contributed by atoms with Crippen molar-refractivity contribution in [3.63, 3.8) is 0 Å². The number of nitrogens with two attached hydrogens (primary N) is 1. The van der Waals surface area contributed by atoms with Crippen molar-refractivity contribution in [2.24, 2.45) is 5.73 Å². The fourth-order valence-electron chi connectivity index (χ4n) is 1.48. The Morgan fingerprint density at radius 3 is 3.17 bits per heavy atom. The summed E-state index contributed by atoms with van der Waals surface area (Å²) in [5.74, 6) is -0.352. The molecule has 62 valence electrons. The van der Waals surface area contributed by atoms with Crippen LogP contribution in [0, 0.1) is 0 Å². The van der Waals surface area contributed by atoms with Crippen LogP contribution in [-0.2, 0) is 6.54 Å². The van der Waals surface area contributed by atoms with Gasteiger partial charge in [-0.1, -0.05) is 6.08 Å². The summed E-state index contributed by atoms with van der Waals surface area (Å²) in [6.45, 7) is 0.944. The number of amides is 1. The Balaban J connectivity index is 2.54. The van der Waals surface area contributed by atoms with E-state index in [1.807, 2.05) is 16.8 Å². The smallest absolute Gasteiger partial charge is 0.250 e. The van der Waals surface area contributed by atoms with Gasteiger partial charge in [-0.25, -0.2) is 0 Å². The summed E-state index contributed by atoms with van der Waals surface area (Å²) in [6, 6.07) is 1.77. The van der Waals surface area contributed by atoms with E-state index in [1.165, 1.54) is 0 Å². The lowest BCUT2D eigenvalue weighted by atomic mass is 10.2. The number of carbonyl (C=O) groups is 1. The van der Waals surface area contributed by atoms with Crippen LogP contribution in [0.4, 0.5) is 0 Å². The standard InChI is InChI=1S/C9H10N2O/c10-9(12)7-4-6-11-5-2-1-3-8(7)11/h1,3-4,6H,2,5H2,(H2,10,12). The van der Waals surface area contributed by atoms with Crippen molar-refractivity contribution in [2.75, 3.05) is 0 Å². The van der Waals surface area contributed by atoms with E-state index in [1.54, 1.807) is 6.07 Å². The van der Waals surface area contributed by atoms with Crippen LogP contribution in [0.2, 0.25) is 0 Å². The Hall–Kier alpha value is -1.51. The molecule has 1 aliphatic heterocycles. The van der Waals surface area contributed by atoms with Gasteiger partial charge in [-0.2, -0.15) is 0 Å². The van der Waals surface area contributed by atoms with E-state index in [9.17, 15) is 4.79 Å². The molecule has 3 nitrogen and oxygen atoms in total. The second kappa shape index (κ2) is 2.52. The molecule has 0 saturated carbocycles.